The Hall–Kier alpha value is -4.23. The summed E-state index contributed by atoms with van der Waals surface area (Å²) in [6, 6.07) is 23.9. The van der Waals surface area contributed by atoms with Gasteiger partial charge in [-0.05, 0) is 63.6 Å². The van der Waals surface area contributed by atoms with E-state index in [-0.39, 0.29) is 17.9 Å². The smallest absolute Gasteiger partial charge is 0.344 e. The molecule has 0 saturated heterocycles. The first-order valence-corrected chi connectivity index (χ1v) is 14.2. The highest BCUT2D eigenvalue weighted by Gasteiger charge is 2.33. The van der Waals surface area contributed by atoms with Gasteiger partial charge in [0, 0.05) is 29.2 Å². The van der Waals surface area contributed by atoms with E-state index in [1.165, 1.54) is 17.3 Å². The average molecular weight is 553 g/mol. The van der Waals surface area contributed by atoms with Crippen molar-refractivity contribution in [2.45, 2.75) is 33.7 Å². The Morgan fingerprint density at radius 3 is 2.42 bits per heavy atom. The van der Waals surface area contributed by atoms with Crippen molar-refractivity contribution in [1.82, 2.24) is 4.57 Å². The predicted octanol–water partition coefficient (Wildman–Crippen LogP) is 7.92. The van der Waals surface area contributed by atoms with Crippen LogP contribution in [0.5, 0.6) is 5.75 Å². The Balaban J connectivity index is 1.41. The van der Waals surface area contributed by atoms with E-state index in [0.29, 0.717) is 22.2 Å². The van der Waals surface area contributed by atoms with Gasteiger partial charge in [-0.3, -0.25) is 0 Å². The molecule has 1 aromatic heterocycles. The van der Waals surface area contributed by atoms with Crippen molar-refractivity contribution in [3.05, 3.63) is 112 Å². The lowest BCUT2D eigenvalue weighted by molar-refractivity contribution is -0.138. The summed E-state index contributed by atoms with van der Waals surface area (Å²) in [4.78, 5) is 18.0. The number of esters is 1. The van der Waals surface area contributed by atoms with Crippen molar-refractivity contribution in [3.63, 3.8) is 0 Å². The molecule has 0 radical (unpaired) electrons. The van der Waals surface area contributed by atoms with Gasteiger partial charge in [0.15, 0.2) is 0 Å². The van der Waals surface area contributed by atoms with Crippen LogP contribution >= 0.6 is 11.8 Å². The second-order valence-corrected chi connectivity index (χ2v) is 10.6. The summed E-state index contributed by atoms with van der Waals surface area (Å²) < 4.78 is 13.4. The van der Waals surface area contributed by atoms with Crippen LogP contribution in [0, 0.1) is 13.8 Å². The molecule has 2 heterocycles. The number of aryl methyl sites for hydroxylation is 3. The molecule has 0 atom stereocenters. The minimum absolute atomic E-state index is 0.0932. The minimum atomic E-state index is -0.585. The zero-order chi connectivity index (χ0) is 28.1. The van der Waals surface area contributed by atoms with Gasteiger partial charge < -0.3 is 19.1 Å². The SMILES string of the molecule is CCOC(=O)C1=C(O)/C(=C/c2cn(CCCOc3ccc(C)cc3)c3ccccc23)SC1=Nc1ccc(C)cc1. The summed E-state index contributed by atoms with van der Waals surface area (Å²) in [5.74, 6) is 0.171. The van der Waals surface area contributed by atoms with Gasteiger partial charge in [0.2, 0.25) is 0 Å². The number of para-hydroxylation sites is 1. The summed E-state index contributed by atoms with van der Waals surface area (Å²) in [5, 5.41) is 12.6. The van der Waals surface area contributed by atoms with Crippen molar-refractivity contribution in [3.8, 4) is 5.75 Å². The molecule has 6 nitrogen and oxygen atoms in total. The van der Waals surface area contributed by atoms with Crippen LogP contribution in [0.25, 0.3) is 17.0 Å². The summed E-state index contributed by atoms with van der Waals surface area (Å²) in [7, 11) is 0. The molecule has 40 heavy (non-hydrogen) atoms. The Kier molecular flexibility index (Phi) is 8.41. The third kappa shape index (κ3) is 6.15. The average Bonchev–Trinajstić information content (AvgIpc) is 3.45. The van der Waals surface area contributed by atoms with Crippen LogP contribution < -0.4 is 4.74 Å². The van der Waals surface area contributed by atoms with Crippen molar-refractivity contribution in [1.29, 1.82) is 0 Å². The molecule has 1 aliphatic rings. The molecule has 1 aliphatic heterocycles. The van der Waals surface area contributed by atoms with Gasteiger partial charge in [-0.1, -0.05) is 65.4 Å². The molecule has 0 spiro atoms. The van der Waals surface area contributed by atoms with Crippen molar-refractivity contribution in [2.75, 3.05) is 13.2 Å². The highest BCUT2D eigenvalue weighted by atomic mass is 32.2. The molecule has 5 rings (SSSR count). The van der Waals surface area contributed by atoms with E-state index in [1.54, 1.807) is 6.92 Å². The van der Waals surface area contributed by atoms with Crippen LogP contribution in [-0.4, -0.2) is 33.9 Å². The maximum absolute atomic E-state index is 12.8. The van der Waals surface area contributed by atoms with Gasteiger partial charge in [-0.15, -0.1) is 0 Å². The lowest BCUT2D eigenvalue weighted by atomic mass is 10.1. The lowest BCUT2D eigenvalue weighted by Gasteiger charge is -2.08. The molecule has 0 unspecified atom stereocenters. The zero-order valence-electron chi connectivity index (χ0n) is 22.9. The summed E-state index contributed by atoms with van der Waals surface area (Å²) in [5.41, 5.74) is 5.16. The van der Waals surface area contributed by atoms with E-state index >= 15 is 0 Å². The molecule has 7 heteroatoms. The molecule has 1 N–H and O–H groups in total. The van der Waals surface area contributed by atoms with Crippen molar-refractivity contribution < 1.29 is 19.4 Å². The molecular formula is C33H32N2O4S. The first-order chi connectivity index (χ1) is 19.4. The van der Waals surface area contributed by atoms with Crippen molar-refractivity contribution >= 4 is 45.4 Å². The number of rotatable bonds is 9. The topological polar surface area (TPSA) is 73.0 Å². The van der Waals surface area contributed by atoms with Gasteiger partial charge in [-0.25, -0.2) is 9.79 Å². The Bertz CT molecular complexity index is 1610. The number of aliphatic imine (C=N–C) groups is 1. The number of aliphatic hydroxyl groups is 1. The molecule has 0 amide bonds. The van der Waals surface area contributed by atoms with E-state index in [4.69, 9.17) is 9.47 Å². The number of nitrogens with zero attached hydrogens (tertiary/aromatic N) is 2. The highest BCUT2D eigenvalue weighted by molar-refractivity contribution is 8.18. The monoisotopic (exact) mass is 552 g/mol. The largest absolute Gasteiger partial charge is 0.506 e. The van der Waals surface area contributed by atoms with Crippen LogP contribution in [0.1, 0.15) is 30.0 Å². The van der Waals surface area contributed by atoms with E-state index in [0.717, 1.165) is 40.7 Å². The van der Waals surface area contributed by atoms with Crippen LogP contribution in [0.2, 0.25) is 0 Å². The normalized spacial score (nSPS) is 15.4. The van der Waals surface area contributed by atoms with Gasteiger partial charge >= 0.3 is 5.97 Å². The predicted molar refractivity (Wildman–Crippen MR) is 163 cm³/mol. The standard InChI is InChI=1S/C33H32N2O4S/c1-4-38-33(37)30-31(36)29(40-32(30)34-25-14-10-22(2)11-15-25)20-24-21-35(28-9-6-5-8-27(24)28)18-7-19-39-26-16-12-23(3)13-17-26/h5-6,8-17,20-21,36H,4,7,18-19H2,1-3H3/b29-20-,34-32?. The zero-order valence-corrected chi connectivity index (χ0v) is 23.7. The number of hydrogen-bond donors (Lipinski definition) is 1. The summed E-state index contributed by atoms with van der Waals surface area (Å²) >= 11 is 1.27. The van der Waals surface area contributed by atoms with Gasteiger partial charge in [0.05, 0.1) is 23.8 Å². The fourth-order valence-electron chi connectivity index (χ4n) is 4.50. The molecule has 4 aromatic rings. The van der Waals surface area contributed by atoms with E-state index in [1.807, 2.05) is 73.7 Å². The molecule has 0 bridgehead atoms. The number of ether oxygens (including phenoxy) is 2. The highest BCUT2D eigenvalue weighted by Crippen LogP contribution is 2.41. The summed E-state index contributed by atoms with van der Waals surface area (Å²) in [6.45, 7) is 7.39. The molecule has 0 fully saturated rings. The van der Waals surface area contributed by atoms with E-state index in [2.05, 4.69) is 34.8 Å². The van der Waals surface area contributed by atoms with Gasteiger partial charge in [0.1, 0.15) is 22.1 Å². The quantitative estimate of drug-likeness (QED) is 0.169. The van der Waals surface area contributed by atoms with Crippen LogP contribution in [-0.2, 0) is 16.1 Å². The summed E-state index contributed by atoms with van der Waals surface area (Å²) in [6.07, 6.45) is 4.83. The number of aliphatic hydroxyl groups excluding tert-OH is 1. The van der Waals surface area contributed by atoms with E-state index < -0.39 is 5.97 Å². The number of carbonyl (C=O) groups excluding carboxylic acids is 1. The second-order valence-electron chi connectivity index (χ2n) is 9.62. The molecule has 3 aromatic carbocycles. The lowest BCUT2D eigenvalue weighted by Crippen LogP contribution is -2.12. The van der Waals surface area contributed by atoms with Crippen molar-refractivity contribution in [2.24, 2.45) is 4.99 Å². The number of hydrogen-bond acceptors (Lipinski definition) is 6. The van der Waals surface area contributed by atoms with Crippen LogP contribution in [0.4, 0.5) is 5.69 Å². The third-order valence-corrected chi connectivity index (χ3v) is 7.59. The first-order valence-electron chi connectivity index (χ1n) is 13.4. The maximum Gasteiger partial charge on any atom is 0.344 e. The molecular weight excluding hydrogens is 520 g/mol. The number of carbonyl (C=O) groups is 1. The fraction of sp³-hybridized carbons (Fsp3) is 0.212. The Morgan fingerprint density at radius 1 is 1.00 bits per heavy atom. The molecule has 0 saturated carbocycles. The maximum atomic E-state index is 12.8. The van der Waals surface area contributed by atoms with Crippen LogP contribution in [0.15, 0.2) is 100 Å². The van der Waals surface area contributed by atoms with Gasteiger partial charge in [0.25, 0.3) is 0 Å². The number of benzene rings is 3. The number of fused-ring (bicyclic) bond motifs is 1. The minimum Gasteiger partial charge on any atom is -0.506 e. The van der Waals surface area contributed by atoms with Crippen LogP contribution in [0.3, 0.4) is 0 Å². The Morgan fingerprint density at radius 2 is 1.70 bits per heavy atom. The van der Waals surface area contributed by atoms with E-state index in [9.17, 15) is 9.90 Å². The van der Waals surface area contributed by atoms with Gasteiger partial charge in [-0.2, -0.15) is 0 Å². The molecule has 0 aliphatic carbocycles. The molecule has 204 valence electrons. The first kappa shape index (κ1) is 27.3. The third-order valence-electron chi connectivity index (χ3n) is 6.57. The Labute approximate surface area is 238 Å². The second kappa shape index (κ2) is 12.3. The number of thioether (sulfide) groups is 1. The number of aromatic nitrogens is 1. The fourth-order valence-corrected chi connectivity index (χ4v) is 5.53.